The Morgan fingerprint density at radius 2 is 1.77 bits per heavy atom. The SMILES string of the molecule is CC(C)(C)[S+]([O-])N1CCC(O)CC1. The second-order valence-electron chi connectivity index (χ2n) is 4.52. The minimum atomic E-state index is -0.916. The van der Waals surface area contributed by atoms with Gasteiger partial charge in [-0.1, -0.05) is 0 Å². The maximum absolute atomic E-state index is 11.9. The van der Waals surface area contributed by atoms with Gasteiger partial charge in [0.1, 0.15) is 4.75 Å². The second-order valence-corrected chi connectivity index (χ2v) is 6.76. The summed E-state index contributed by atoms with van der Waals surface area (Å²) in [6, 6.07) is 0. The second kappa shape index (κ2) is 4.17. The van der Waals surface area contributed by atoms with Gasteiger partial charge in [0, 0.05) is 24.5 Å². The van der Waals surface area contributed by atoms with E-state index in [0.717, 1.165) is 25.9 Å². The number of hydrogen-bond acceptors (Lipinski definition) is 3. The van der Waals surface area contributed by atoms with Crippen LogP contribution in [0.2, 0.25) is 0 Å². The summed E-state index contributed by atoms with van der Waals surface area (Å²) in [5, 5.41) is 9.29. The van der Waals surface area contributed by atoms with E-state index in [0.29, 0.717) is 0 Å². The average molecular weight is 205 g/mol. The molecule has 1 atom stereocenters. The van der Waals surface area contributed by atoms with Crippen LogP contribution in [0.5, 0.6) is 0 Å². The van der Waals surface area contributed by atoms with Crippen molar-refractivity contribution in [3.8, 4) is 0 Å². The Kier molecular flexibility index (Phi) is 3.63. The van der Waals surface area contributed by atoms with Crippen molar-refractivity contribution >= 4 is 11.4 Å². The zero-order valence-electron chi connectivity index (χ0n) is 8.62. The van der Waals surface area contributed by atoms with Crippen LogP contribution >= 0.6 is 0 Å². The first-order valence-electron chi connectivity index (χ1n) is 4.76. The van der Waals surface area contributed by atoms with Gasteiger partial charge < -0.3 is 9.66 Å². The van der Waals surface area contributed by atoms with Gasteiger partial charge in [-0.3, -0.25) is 0 Å². The zero-order valence-corrected chi connectivity index (χ0v) is 9.43. The molecule has 4 heteroatoms. The molecule has 13 heavy (non-hydrogen) atoms. The van der Waals surface area contributed by atoms with E-state index in [1.165, 1.54) is 0 Å². The van der Waals surface area contributed by atoms with Gasteiger partial charge >= 0.3 is 0 Å². The van der Waals surface area contributed by atoms with Crippen LogP contribution in [0, 0.1) is 0 Å². The summed E-state index contributed by atoms with van der Waals surface area (Å²) >= 11 is -0.916. The molecule has 1 unspecified atom stereocenters. The monoisotopic (exact) mass is 205 g/mol. The van der Waals surface area contributed by atoms with Gasteiger partial charge in [0.15, 0.2) is 0 Å². The molecule has 0 saturated carbocycles. The first kappa shape index (κ1) is 11.3. The molecule has 0 amide bonds. The van der Waals surface area contributed by atoms with E-state index >= 15 is 0 Å². The van der Waals surface area contributed by atoms with E-state index < -0.39 is 11.4 Å². The van der Waals surface area contributed by atoms with Crippen LogP contribution in [0.25, 0.3) is 0 Å². The molecule has 3 nitrogen and oxygen atoms in total. The van der Waals surface area contributed by atoms with E-state index in [1.807, 2.05) is 25.1 Å². The summed E-state index contributed by atoms with van der Waals surface area (Å²) in [7, 11) is 0. The van der Waals surface area contributed by atoms with Gasteiger partial charge in [0.05, 0.1) is 6.10 Å². The Labute approximate surface area is 83.4 Å². The number of nitrogens with zero attached hydrogens (tertiary/aromatic N) is 1. The molecular formula is C9H19NO2S. The van der Waals surface area contributed by atoms with Gasteiger partial charge in [-0.2, -0.15) is 0 Å². The molecule has 0 spiro atoms. The van der Waals surface area contributed by atoms with Crippen molar-refractivity contribution in [1.29, 1.82) is 0 Å². The van der Waals surface area contributed by atoms with Crippen LogP contribution in [-0.2, 0) is 11.4 Å². The lowest BCUT2D eigenvalue weighted by atomic mass is 10.1. The van der Waals surface area contributed by atoms with Crippen LogP contribution in [0.4, 0.5) is 0 Å². The first-order valence-corrected chi connectivity index (χ1v) is 5.87. The highest BCUT2D eigenvalue weighted by atomic mass is 32.2. The lowest BCUT2D eigenvalue weighted by molar-refractivity contribution is 0.112. The van der Waals surface area contributed by atoms with Crippen molar-refractivity contribution in [3.63, 3.8) is 0 Å². The summed E-state index contributed by atoms with van der Waals surface area (Å²) in [5.74, 6) is 0. The molecule has 0 bridgehead atoms. The summed E-state index contributed by atoms with van der Waals surface area (Å²) in [6.45, 7) is 7.45. The molecule has 0 aromatic heterocycles. The van der Waals surface area contributed by atoms with Crippen LogP contribution in [0.1, 0.15) is 33.6 Å². The third kappa shape index (κ3) is 3.13. The van der Waals surface area contributed by atoms with Crippen LogP contribution < -0.4 is 0 Å². The Balaban J connectivity index is 2.45. The van der Waals surface area contributed by atoms with Crippen molar-refractivity contribution in [1.82, 2.24) is 4.31 Å². The van der Waals surface area contributed by atoms with E-state index in [4.69, 9.17) is 0 Å². The Hall–Kier alpha value is 0.230. The summed E-state index contributed by atoms with van der Waals surface area (Å²) in [4.78, 5) is 0. The van der Waals surface area contributed by atoms with Gasteiger partial charge in [-0.15, -0.1) is 4.31 Å². The van der Waals surface area contributed by atoms with Gasteiger partial charge in [0.25, 0.3) is 0 Å². The predicted molar refractivity (Wildman–Crippen MR) is 54.7 cm³/mol. The highest BCUT2D eigenvalue weighted by molar-refractivity contribution is 7.90. The Bertz CT molecular complexity index is 161. The maximum atomic E-state index is 11.9. The molecule has 78 valence electrons. The fourth-order valence-electron chi connectivity index (χ4n) is 1.40. The normalized spacial score (nSPS) is 24.7. The van der Waals surface area contributed by atoms with Crippen molar-refractivity contribution in [2.45, 2.75) is 44.5 Å². The Morgan fingerprint density at radius 3 is 2.15 bits per heavy atom. The highest BCUT2D eigenvalue weighted by Crippen LogP contribution is 2.23. The molecule has 1 saturated heterocycles. The van der Waals surface area contributed by atoms with E-state index in [9.17, 15) is 9.66 Å². The first-order chi connectivity index (χ1) is 5.91. The van der Waals surface area contributed by atoms with E-state index in [-0.39, 0.29) is 10.9 Å². The van der Waals surface area contributed by atoms with Gasteiger partial charge in [0.2, 0.25) is 0 Å². The molecule has 0 aromatic rings. The number of aliphatic hydroxyl groups excluding tert-OH is 1. The molecule has 0 radical (unpaired) electrons. The lowest BCUT2D eigenvalue weighted by Gasteiger charge is -2.35. The van der Waals surface area contributed by atoms with Crippen molar-refractivity contribution < 1.29 is 9.66 Å². The van der Waals surface area contributed by atoms with E-state index in [2.05, 4.69) is 0 Å². The quantitative estimate of drug-likeness (QED) is 0.647. The van der Waals surface area contributed by atoms with Gasteiger partial charge in [-0.05, 0) is 33.6 Å². The molecule has 1 heterocycles. The molecule has 1 fully saturated rings. The molecule has 0 aromatic carbocycles. The minimum absolute atomic E-state index is 0.178. The summed E-state index contributed by atoms with van der Waals surface area (Å²) in [5.41, 5.74) is 0. The maximum Gasteiger partial charge on any atom is 0.137 e. The molecular weight excluding hydrogens is 186 g/mol. The smallest absolute Gasteiger partial charge is 0.137 e. The molecule has 1 aliphatic rings. The van der Waals surface area contributed by atoms with Crippen LogP contribution in [-0.4, -0.2) is 37.9 Å². The summed E-state index contributed by atoms with van der Waals surface area (Å²) in [6.07, 6.45) is 1.32. The Morgan fingerprint density at radius 1 is 1.31 bits per heavy atom. The molecule has 0 aliphatic carbocycles. The predicted octanol–water partition coefficient (Wildman–Crippen LogP) is 0.905. The largest absolute Gasteiger partial charge is 0.598 e. The topological polar surface area (TPSA) is 46.5 Å². The summed E-state index contributed by atoms with van der Waals surface area (Å²) < 4.78 is 13.7. The molecule has 1 N–H and O–H groups in total. The van der Waals surface area contributed by atoms with E-state index in [1.54, 1.807) is 0 Å². The number of aliphatic hydroxyl groups is 1. The van der Waals surface area contributed by atoms with Crippen molar-refractivity contribution in [2.75, 3.05) is 13.1 Å². The number of hydrogen-bond donors (Lipinski definition) is 1. The zero-order chi connectivity index (χ0) is 10.1. The number of rotatable bonds is 1. The third-order valence-electron chi connectivity index (χ3n) is 2.18. The lowest BCUT2D eigenvalue weighted by Crippen LogP contribution is -2.47. The van der Waals surface area contributed by atoms with Crippen LogP contribution in [0.15, 0.2) is 0 Å². The average Bonchev–Trinajstić information content (AvgIpc) is 2.03. The van der Waals surface area contributed by atoms with Crippen molar-refractivity contribution in [2.24, 2.45) is 0 Å². The molecule has 1 aliphatic heterocycles. The standard InChI is InChI=1S/C9H19NO2S/c1-9(2,3)13(12)10-6-4-8(11)5-7-10/h8,11H,4-7H2,1-3H3. The molecule has 1 rings (SSSR count). The van der Waals surface area contributed by atoms with Crippen LogP contribution in [0.3, 0.4) is 0 Å². The fraction of sp³-hybridized carbons (Fsp3) is 1.00. The fourth-order valence-corrected chi connectivity index (χ4v) is 2.71. The highest BCUT2D eigenvalue weighted by Gasteiger charge is 2.34. The minimum Gasteiger partial charge on any atom is -0.598 e. The third-order valence-corrected chi connectivity index (χ3v) is 4.06. The van der Waals surface area contributed by atoms with Crippen molar-refractivity contribution in [3.05, 3.63) is 0 Å². The number of piperidine rings is 1. The van der Waals surface area contributed by atoms with Gasteiger partial charge in [-0.25, -0.2) is 0 Å².